The zero-order valence-electron chi connectivity index (χ0n) is 5.66. The van der Waals surface area contributed by atoms with E-state index in [1.807, 2.05) is 13.8 Å². The molecule has 0 bridgehead atoms. The van der Waals surface area contributed by atoms with Gasteiger partial charge in [0.1, 0.15) is 6.67 Å². The summed E-state index contributed by atoms with van der Waals surface area (Å²) in [6.07, 6.45) is 0.00421. The van der Waals surface area contributed by atoms with Gasteiger partial charge in [0.05, 0.1) is 6.10 Å². The van der Waals surface area contributed by atoms with Crippen LogP contribution >= 0.6 is 0 Å². The highest BCUT2D eigenvalue weighted by atomic mass is 16.5. The van der Waals surface area contributed by atoms with Crippen LogP contribution in [0, 0.1) is 0 Å². The van der Waals surface area contributed by atoms with Crippen LogP contribution in [-0.4, -0.2) is 19.1 Å². The van der Waals surface area contributed by atoms with Crippen LogP contribution in [0.2, 0.25) is 0 Å². The predicted octanol–water partition coefficient (Wildman–Crippen LogP) is 0.708. The van der Waals surface area contributed by atoms with Crippen LogP contribution in [0.5, 0.6) is 0 Å². The molecule has 0 aromatic rings. The molecule has 52 valence electrons. The average molecular weight is 129 g/mol. The molecule has 1 heterocycles. The molecule has 0 aromatic carbocycles. The zero-order chi connectivity index (χ0) is 6.69. The van der Waals surface area contributed by atoms with Gasteiger partial charge in [-0.05, 0) is 13.8 Å². The Morgan fingerprint density at radius 1 is 1.67 bits per heavy atom. The molecule has 0 amide bonds. The lowest BCUT2D eigenvalue weighted by atomic mass is 10.5. The van der Waals surface area contributed by atoms with E-state index in [0.29, 0.717) is 6.67 Å². The highest BCUT2D eigenvalue weighted by Crippen LogP contribution is 2.00. The van der Waals surface area contributed by atoms with Gasteiger partial charge in [-0.15, -0.1) is 5.11 Å². The molecule has 0 saturated heterocycles. The van der Waals surface area contributed by atoms with Crippen molar-refractivity contribution < 1.29 is 4.74 Å². The van der Waals surface area contributed by atoms with E-state index in [-0.39, 0.29) is 12.5 Å². The highest BCUT2D eigenvalue weighted by Gasteiger charge is 2.11. The van der Waals surface area contributed by atoms with E-state index >= 15 is 0 Å². The molecule has 4 heteroatoms. The Hall–Kier alpha value is -0.480. The van der Waals surface area contributed by atoms with E-state index in [1.165, 1.54) is 0 Å². The van der Waals surface area contributed by atoms with Crippen molar-refractivity contribution in [3.8, 4) is 0 Å². The molecule has 0 aliphatic carbocycles. The highest BCUT2D eigenvalue weighted by molar-refractivity contribution is 4.55. The lowest BCUT2D eigenvalue weighted by Crippen LogP contribution is -2.27. The molecule has 1 unspecified atom stereocenters. The number of nitrogens with zero attached hydrogens (tertiary/aromatic N) is 2. The summed E-state index contributed by atoms with van der Waals surface area (Å²) in [5.74, 6) is 0. The minimum atomic E-state index is -0.204. The molecule has 0 fully saturated rings. The maximum atomic E-state index is 5.24. The van der Waals surface area contributed by atoms with Crippen LogP contribution in [-0.2, 0) is 4.74 Å². The Labute approximate surface area is 54.3 Å². The minimum absolute atomic E-state index is 0.204. The molecular weight excluding hydrogens is 118 g/mol. The van der Waals surface area contributed by atoms with Gasteiger partial charge < -0.3 is 4.74 Å². The molecule has 1 aliphatic rings. The zero-order valence-corrected chi connectivity index (χ0v) is 5.66. The summed E-state index contributed by atoms with van der Waals surface area (Å²) < 4.78 is 5.24. The summed E-state index contributed by atoms with van der Waals surface area (Å²) in [6.45, 7) is 4.52. The fourth-order valence-electron chi connectivity index (χ4n) is 0.608. The van der Waals surface area contributed by atoms with Gasteiger partial charge in [-0.3, -0.25) is 5.32 Å². The summed E-state index contributed by atoms with van der Waals surface area (Å²) in [6, 6.07) is 0. The van der Waals surface area contributed by atoms with Crippen LogP contribution in [0.1, 0.15) is 13.8 Å². The minimum Gasteiger partial charge on any atom is -0.340 e. The van der Waals surface area contributed by atoms with E-state index in [0.717, 1.165) is 0 Å². The first-order chi connectivity index (χ1) is 4.29. The fourth-order valence-corrected chi connectivity index (χ4v) is 0.608. The number of rotatable bonds is 2. The third-order valence-electron chi connectivity index (χ3n) is 0.924. The van der Waals surface area contributed by atoms with Crippen molar-refractivity contribution >= 4 is 0 Å². The summed E-state index contributed by atoms with van der Waals surface area (Å²) in [5.41, 5.74) is 0. The van der Waals surface area contributed by atoms with Crippen LogP contribution < -0.4 is 5.32 Å². The van der Waals surface area contributed by atoms with Gasteiger partial charge in [-0.1, -0.05) is 0 Å². The third kappa shape index (κ3) is 2.07. The Morgan fingerprint density at radius 3 is 2.89 bits per heavy atom. The molecule has 0 aromatic heterocycles. The fraction of sp³-hybridized carbons (Fsp3) is 1.00. The van der Waals surface area contributed by atoms with E-state index < -0.39 is 0 Å². The summed E-state index contributed by atoms with van der Waals surface area (Å²) in [7, 11) is 0. The molecule has 1 atom stereocenters. The van der Waals surface area contributed by atoms with Gasteiger partial charge in [-0.25, -0.2) is 0 Å². The molecule has 0 spiro atoms. The summed E-state index contributed by atoms with van der Waals surface area (Å²) >= 11 is 0. The molecule has 0 saturated carbocycles. The predicted molar refractivity (Wildman–Crippen MR) is 32.9 cm³/mol. The van der Waals surface area contributed by atoms with Crippen molar-refractivity contribution in [1.82, 2.24) is 5.32 Å². The maximum absolute atomic E-state index is 5.24. The topological polar surface area (TPSA) is 46.0 Å². The second-order valence-corrected chi connectivity index (χ2v) is 2.16. The van der Waals surface area contributed by atoms with Crippen molar-refractivity contribution in [3.05, 3.63) is 0 Å². The number of nitrogens with one attached hydrogen (secondary N) is 1. The number of hydrogen-bond acceptors (Lipinski definition) is 4. The standard InChI is InChI=1S/C5H11N3O/c1-4(2)9-5-6-3-7-8-5/h4-6H,3H2,1-2H3. The molecule has 1 rings (SSSR count). The van der Waals surface area contributed by atoms with Gasteiger partial charge >= 0.3 is 0 Å². The lowest BCUT2D eigenvalue weighted by molar-refractivity contribution is 0.00101. The largest absolute Gasteiger partial charge is 0.340 e. The average Bonchev–Trinajstić information content (AvgIpc) is 2.15. The van der Waals surface area contributed by atoms with E-state index in [9.17, 15) is 0 Å². The second kappa shape index (κ2) is 2.89. The Balaban J connectivity index is 2.20. The lowest BCUT2D eigenvalue weighted by Gasteiger charge is -2.10. The number of azo groups is 1. The number of ether oxygens (including phenoxy) is 1. The van der Waals surface area contributed by atoms with Crippen molar-refractivity contribution in [1.29, 1.82) is 0 Å². The summed E-state index contributed by atoms with van der Waals surface area (Å²) in [4.78, 5) is 0. The Bertz CT molecular complexity index is 113. The smallest absolute Gasteiger partial charge is 0.225 e. The maximum Gasteiger partial charge on any atom is 0.225 e. The van der Waals surface area contributed by atoms with Crippen molar-refractivity contribution in [2.75, 3.05) is 6.67 Å². The van der Waals surface area contributed by atoms with Crippen LogP contribution in [0.15, 0.2) is 10.2 Å². The van der Waals surface area contributed by atoms with Crippen molar-refractivity contribution in [2.24, 2.45) is 10.2 Å². The van der Waals surface area contributed by atoms with Gasteiger partial charge in [0.15, 0.2) is 0 Å². The van der Waals surface area contributed by atoms with Gasteiger partial charge in [0.25, 0.3) is 0 Å². The molecular formula is C5H11N3O. The monoisotopic (exact) mass is 129 g/mol. The van der Waals surface area contributed by atoms with E-state index in [2.05, 4.69) is 15.5 Å². The first-order valence-corrected chi connectivity index (χ1v) is 3.04. The van der Waals surface area contributed by atoms with E-state index in [4.69, 9.17) is 4.74 Å². The third-order valence-corrected chi connectivity index (χ3v) is 0.924. The van der Waals surface area contributed by atoms with Crippen molar-refractivity contribution in [3.63, 3.8) is 0 Å². The molecule has 1 N–H and O–H groups in total. The molecule has 9 heavy (non-hydrogen) atoms. The van der Waals surface area contributed by atoms with Gasteiger partial charge in [0.2, 0.25) is 6.35 Å². The van der Waals surface area contributed by atoms with Gasteiger partial charge in [-0.2, -0.15) is 5.11 Å². The van der Waals surface area contributed by atoms with Crippen LogP contribution in [0.4, 0.5) is 0 Å². The SMILES string of the molecule is CC(C)OC1N=NCN1. The molecule has 4 nitrogen and oxygen atoms in total. The Morgan fingerprint density at radius 2 is 2.44 bits per heavy atom. The van der Waals surface area contributed by atoms with E-state index in [1.54, 1.807) is 0 Å². The second-order valence-electron chi connectivity index (χ2n) is 2.16. The summed E-state index contributed by atoms with van der Waals surface area (Å²) in [5, 5.41) is 10.4. The van der Waals surface area contributed by atoms with Crippen molar-refractivity contribution in [2.45, 2.75) is 26.3 Å². The van der Waals surface area contributed by atoms with Crippen LogP contribution in [0.3, 0.4) is 0 Å². The van der Waals surface area contributed by atoms with Crippen LogP contribution in [0.25, 0.3) is 0 Å². The normalized spacial score (nSPS) is 25.9. The van der Waals surface area contributed by atoms with Gasteiger partial charge in [0, 0.05) is 0 Å². The number of hydrogen-bond donors (Lipinski definition) is 1. The molecule has 0 radical (unpaired) electrons. The first kappa shape index (κ1) is 6.64. The quantitative estimate of drug-likeness (QED) is 0.596. The molecule has 1 aliphatic heterocycles. The Kier molecular flexibility index (Phi) is 2.13. The first-order valence-electron chi connectivity index (χ1n) is 3.04.